The maximum atomic E-state index is 13.0. The number of alkyl carbamates (subject to hydrolysis) is 1. The second kappa shape index (κ2) is 9.78. The van der Waals surface area contributed by atoms with Crippen LogP contribution in [0.1, 0.15) is 18.9 Å². The minimum atomic E-state index is -4.61. The Hall–Kier alpha value is -3.14. The van der Waals surface area contributed by atoms with Crippen molar-refractivity contribution >= 4 is 44.4 Å². The van der Waals surface area contributed by atoms with Crippen LogP contribution >= 0.6 is 11.3 Å². The Balaban J connectivity index is 1.74. The van der Waals surface area contributed by atoms with Crippen molar-refractivity contribution in [1.29, 1.82) is 0 Å². The number of aromatic nitrogens is 1. The lowest BCUT2D eigenvalue weighted by molar-refractivity contribution is -0.160. The number of rotatable bonds is 7. The van der Waals surface area contributed by atoms with E-state index in [0.717, 1.165) is 22.2 Å². The number of halogens is 3. The predicted octanol–water partition coefficient (Wildman–Crippen LogP) is 5.20. The molecule has 0 bridgehead atoms. The molecule has 3 aromatic rings. The lowest BCUT2D eigenvalue weighted by Crippen LogP contribution is -2.33. The number of hydrogen-bond acceptors (Lipinski definition) is 5. The number of para-hydroxylation sites is 1. The fourth-order valence-corrected chi connectivity index (χ4v) is 3.78. The second-order valence-corrected chi connectivity index (χ2v) is 7.59. The highest BCUT2D eigenvalue weighted by Gasteiger charge is 2.29. The highest BCUT2D eigenvalue weighted by molar-refractivity contribution is 7.22. The van der Waals surface area contributed by atoms with Gasteiger partial charge in [0.15, 0.2) is 11.7 Å². The van der Waals surface area contributed by atoms with Crippen molar-refractivity contribution in [3.8, 4) is 0 Å². The number of amides is 2. The Morgan fingerprint density at radius 2 is 1.84 bits per heavy atom. The molecule has 1 aromatic heterocycles. The van der Waals surface area contributed by atoms with Gasteiger partial charge in [0.25, 0.3) is 0 Å². The van der Waals surface area contributed by atoms with E-state index < -0.39 is 18.9 Å². The molecular weight excluding hydrogens is 431 g/mol. The molecule has 31 heavy (non-hydrogen) atoms. The number of aryl methyl sites for hydroxylation is 1. The molecule has 3 rings (SSSR count). The monoisotopic (exact) mass is 451 g/mol. The number of benzene rings is 2. The van der Waals surface area contributed by atoms with Crippen molar-refractivity contribution in [1.82, 2.24) is 10.3 Å². The Morgan fingerprint density at radius 1 is 1.13 bits per heavy atom. The van der Waals surface area contributed by atoms with E-state index in [2.05, 4.69) is 15.0 Å². The average Bonchev–Trinajstić information content (AvgIpc) is 3.16. The first kappa shape index (κ1) is 22.5. The van der Waals surface area contributed by atoms with Gasteiger partial charge in [-0.2, -0.15) is 13.2 Å². The van der Waals surface area contributed by atoms with E-state index in [-0.39, 0.29) is 18.9 Å². The number of thiazole rings is 1. The number of nitrogens with zero attached hydrogens (tertiary/aromatic N) is 2. The molecule has 0 aliphatic heterocycles. The molecule has 2 aromatic carbocycles. The van der Waals surface area contributed by atoms with E-state index in [1.807, 2.05) is 55.5 Å². The smallest absolute Gasteiger partial charge is 0.422 e. The Morgan fingerprint density at radius 3 is 2.48 bits per heavy atom. The van der Waals surface area contributed by atoms with Crippen LogP contribution in [0, 0.1) is 0 Å². The van der Waals surface area contributed by atoms with Gasteiger partial charge in [0, 0.05) is 13.0 Å². The van der Waals surface area contributed by atoms with E-state index in [9.17, 15) is 22.8 Å². The van der Waals surface area contributed by atoms with Gasteiger partial charge in [0.05, 0.1) is 15.9 Å². The third-order valence-electron chi connectivity index (χ3n) is 4.30. The summed E-state index contributed by atoms with van der Waals surface area (Å²) < 4.78 is 41.3. The molecule has 10 heteroatoms. The Bertz CT molecular complexity index is 1020. The van der Waals surface area contributed by atoms with Gasteiger partial charge in [-0.1, -0.05) is 42.5 Å². The number of anilines is 2. The van der Waals surface area contributed by atoms with Gasteiger partial charge in [0.1, 0.15) is 0 Å². The van der Waals surface area contributed by atoms with Crippen LogP contribution in [-0.4, -0.2) is 36.3 Å². The molecule has 0 aliphatic rings. The first-order valence-corrected chi connectivity index (χ1v) is 10.3. The number of nitrogens with one attached hydrogen (secondary N) is 1. The minimum absolute atomic E-state index is 0.146. The quantitative estimate of drug-likeness (QED) is 0.536. The maximum absolute atomic E-state index is 13.0. The molecule has 0 radical (unpaired) electrons. The van der Waals surface area contributed by atoms with Crippen molar-refractivity contribution in [2.45, 2.75) is 25.9 Å². The molecule has 0 saturated carbocycles. The van der Waals surface area contributed by atoms with Gasteiger partial charge in [-0.05, 0) is 36.2 Å². The molecule has 1 heterocycles. The van der Waals surface area contributed by atoms with Crippen LogP contribution in [0.2, 0.25) is 0 Å². The van der Waals surface area contributed by atoms with Gasteiger partial charge >= 0.3 is 12.3 Å². The molecule has 1 N–H and O–H groups in total. The Labute approximate surface area is 180 Å². The topological polar surface area (TPSA) is 71.5 Å². The fourth-order valence-electron chi connectivity index (χ4n) is 2.78. The van der Waals surface area contributed by atoms with E-state index in [4.69, 9.17) is 0 Å². The molecule has 6 nitrogen and oxygen atoms in total. The molecule has 0 aliphatic carbocycles. The summed E-state index contributed by atoms with van der Waals surface area (Å²) in [6.45, 7) is 0.160. The van der Waals surface area contributed by atoms with E-state index in [1.54, 1.807) is 0 Å². The normalized spacial score (nSPS) is 11.4. The lowest BCUT2D eigenvalue weighted by atomic mass is 10.1. The van der Waals surface area contributed by atoms with Crippen LogP contribution < -0.4 is 10.2 Å². The first-order chi connectivity index (χ1) is 14.8. The van der Waals surface area contributed by atoms with Crippen LogP contribution in [0.3, 0.4) is 0 Å². The zero-order chi connectivity index (χ0) is 22.4. The van der Waals surface area contributed by atoms with Gasteiger partial charge < -0.3 is 10.1 Å². The molecule has 0 saturated heterocycles. The van der Waals surface area contributed by atoms with Gasteiger partial charge in [-0.15, -0.1) is 0 Å². The predicted molar refractivity (Wildman–Crippen MR) is 113 cm³/mol. The van der Waals surface area contributed by atoms with Crippen molar-refractivity contribution in [3.63, 3.8) is 0 Å². The zero-order valence-electron chi connectivity index (χ0n) is 16.6. The molecule has 0 fully saturated rings. The van der Waals surface area contributed by atoms with Gasteiger partial charge in [0.2, 0.25) is 5.91 Å². The third kappa shape index (κ3) is 6.17. The summed E-state index contributed by atoms with van der Waals surface area (Å²) in [5.74, 6) is -0.362. The molecule has 164 valence electrons. The summed E-state index contributed by atoms with van der Waals surface area (Å²) >= 11 is 1.35. The largest absolute Gasteiger partial charge is 0.440 e. The number of hydrogen-bond donors (Lipinski definition) is 1. The van der Waals surface area contributed by atoms with Crippen LogP contribution in [0.5, 0.6) is 0 Å². The lowest BCUT2D eigenvalue weighted by Gasteiger charge is -2.20. The van der Waals surface area contributed by atoms with Gasteiger partial charge in [-0.3, -0.25) is 9.69 Å². The molecule has 0 unspecified atom stereocenters. The van der Waals surface area contributed by atoms with Crippen LogP contribution in [0.25, 0.3) is 10.2 Å². The average molecular weight is 451 g/mol. The SMILES string of the molecule is CCc1ccc(N(C(=O)CCNC(=O)OCC(F)(F)F)c2nc3ccccc3s2)cc1. The van der Waals surface area contributed by atoms with Crippen molar-refractivity contribution < 1.29 is 27.5 Å². The highest BCUT2D eigenvalue weighted by atomic mass is 32.1. The van der Waals surface area contributed by atoms with Crippen LogP contribution in [0.15, 0.2) is 48.5 Å². The summed E-state index contributed by atoms with van der Waals surface area (Å²) in [6.07, 6.45) is -5.14. The molecule has 2 amide bonds. The summed E-state index contributed by atoms with van der Waals surface area (Å²) in [7, 11) is 0. The summed E-state index contributed by atoms with van der Waals surface area (Å²) in [6, 6.07) is 14.9. The molecule has 0 spiro atoms. The molecular formula is C21H20F3N3O3S. The van der Waals surface area contributed by atoms with E-state index >= 15 is 0 Å². The summed E-state index contributed by atoms with van der Waals surface area (Å²) in [5, 5.41) is 2.63. The zero-order valence-corrected chi connectivity index (χ0v) is 17.4. The third-order valence-corrected chi connectivity index (χ3v) is 5.32. The van der Waals surface area contributed by atoms with Crippen molar-refractivity contribution in [3.05, 3.63) is 54.1 Å². The standard InChI is InChI=1S/C21H20F3N3O3S/c1-2-14-7-9-15(10-8-14)27(19-26-16-5-3-4-6-17(16)31-19)18(28)11-12-25-20(29)30-13-21(22,23)24/h3-10H,2,11-13H2,1H3,(H,25,29). The highest BCUT2D eigenvalue weighted by Crippen LogP contribution is 2.34. The number of fused-ring (bicyclic) bond motifs is 1. The second-order valence-electron chi connectivity index (χ2n) is 6.58. The molecule has 0 atom stereocenters. The number of carbonyl (C=O) groups excluding carboxylic acids is 2. The Kier molecular flexibility index (Phi) is 7.11. The summed E-state index contributed by atoms with van der Waals surface area (Å²) in [4.78, 5) is 30.4. The van der Waals surface area contributed by atoms with Crippen molar-refractivity contribution in [2.75, 3.05) is 18.1 Å². The number of carbonyl (C=O) groups is 2. The number of alkyl halides is 3. The summed E-state index contributed by atoms with van der Waals surface area (Å²) in [5.41, 5.74) is 2.47. The van der Waals surface area contributed by atoms with E-state index in [1.165, 1.54) is 16.2 Å². The minimum Gasteiger partial charge on any atom is -0.440 e. The van der Waals surface area contributed by atoms with E-state index in [0.29, 0.717) is 10.8 Å². The van der Waals surface area contributed by atoms with Crippen LogP contribution in [0.4, 0.5) is 28.8 Å². The first-order valence-electron chi connectivity index (χ1n) is 9.51. The van der Waals surface area contributed by atoms with Crippen molar-refractivity contribution in [2.24, 2.45) is 0 Å². The fraction of sp³-hybridized carbons (Fsp3) is 0.286. The number of ether oxygens (including phenoxy) is 1. The maximum Gasteiger partial charge on any atom is 0.422 e. The van der Waals surface area contributed by atoms with Crippen LogP contribution in [-0.2, 0) is 16.0 Å². The van der Waals surface area contributed by atoms with Gasteiger partial charge in [-0.25, -0.2) is 9.78 Å².